The predicted molar refractivity (Wildman–Crippen MR) is 212 cm³/mol. The molecule has 0 aromatic heterocycles. The van der Waals surface area contributed by atoms with Crippen LogP contribution in [0.3, 0.4) is 0 Å². The van der Waals surface area contributed by atoms with E-state index in [2.05, 4.69) is 38.2 Å². The summed E-state index contributed by atoms with van der Waals surface area (Å²) >= 11 is 0. The Morgan fingerprint density at radius 3 is 1.81 bits per heavy atom. The van der Waals surface area contributed by atoms with Crippen molar-refractivity contribution in [3.05, 3.63) is 24.3 Å². The molecule has 0 aromatic carbocycles. The number of nitrogens with zero attached hydrogens (tertiary/aromatic N) is 1. The number of hydrogen-bond acceptors (Lipinski definition) is 9. The molecule has 4 atom stereocenters. The van der Waals surface area contributed by atoms with Gasteiger partial charge in [-0.3, -0.25) is 14.2 Å². The van der Waals surface area contributed by atoms with Crippen LogP contribution in [0, 0.1) is 0 Å². The van der Waals surface area contributed by atoms with Gasteiger partial charge in [-0.1, -0.05) is 115 Å². The molecule has 11 heteroatoms. The Hall–Kier alpha value is -1.55. The number of rotatable bonds is 37. The molecule has 1 aliphatic rings. The molecular weight excluding hydrogens is 693 g/mol. The monoisotopic (exact) mass is 772 g/mol. The van der Waals surface area contributed by atoms with Crippen molar-refractivity contribution < 1.29 is 46.8 Å². The molecule has 0 spiro atoms. The van der Waals surface area contributed by atoms with Crippen LogP contribution in [0.5, 0.6) is 0 Å². The summed E-state index contributed by atoms with van der Waals surface area (Å²) in [6, 6.07) is 0. The van der Waals surface area contributed by atoms with E-state index in [0.29, 0.717) is 36.1 Å². The van der Waals surface area contributed by atoms with Crippen molar-refractivity contribution in [1.82, 2.24) is 0 Å². The van der Waals surface area contributed by atoms with Gasteiger partial charge in [0.25, 0.3) is 7.82 Å². The first kappa shape index (κ1) is 49.5. The molecule has 1 heterocycles. The molecule has 0 bridgehead atoms. The lowest BCUT2D eigenvalue weighted by molar-refractivity contribution is -0.870. The lowest BCUT2D eigenvalue weighted by atomic mass is 10.1. The third-order valence-electron chi connectivity index (χ3n) is 9.37. The Morgan fingerprint density at radius 1 is 0.679 bits per heavy atom. The maximum absolute atomic E-state index is 12.6. The molecule has 0 amide bonds. The molecule has 0 radical (unpaired) electrons. The fourth-order valence-electron chi connectivity index (χ4n) is 5.89. The Kier molecular flexibility index (Phi) is 29.5. The summed E-state index contributed by atoms with van der Waals surface area (Å²) in [4.78, 5) is 37.5. The smallest absolute Gasteiger partial charge is 0.306 e. The number of ether oxygens (including phenoxy) is 3. The van der Waals surface area contributed by atoms with Crippen LogP contribution in [0.25, 0.3) is 0 Å². The van der Waals surface area contributed by atoms with Crippen molar-refractivity contribution in [3.8, 4) is 0 Å². The topological polar surface area (TPSA) is 124 Å². The van der Waals surface area contributed by atoms with E-state index >= 15 is 0 Å². The van der Waals surface area contributed by atoms with E-state index in [1.165, 1.54) is 57.8 Å². The van der Waals surface area contributed by atoms with Crippen molar-refractivity contribution in [3.63, 3.8) is 0 Å². The summed E-state index contributed by atoms with van der Waals surface area (Å²) in [7, 11) is 1.14. The minimum atomic E-state index is -4.63. The van der Waals surface area contributed by atoms with Crippen LogP contribution >= 0.6 is 7.82 Å². The first-order valence-electron chi connectivity index (χ1n) is 21.2. The summed E-state index contributed by atoms with van der Waals surface area (Å²) in [5, 5.41) is 0. The molecule has 1 saturated heterocycles. The van der Waals surface area contributed by atoms with Gasteiger partial charge >= 0.3 is 11.9 Å². The van der Waals surface area contributed by atoms with Gasteiger partial charge in [-0.25, -0.2) is 0 Å². The van der Waals surface area contributed by atoms with Crippen molar-refractivity contribution in [2.45, 2.75) is 186 Å². The summed E-state index contributed by atoms with van der Waals surface area (Å²) in [6.45, 7) is 4.14. The fourth-order valence-corrected chi connectivity index (χ4v) is 6.62. The molecule has 0 saturated carbocycles. The second kappa shape index (κ2) is 31.6. The Balaban J connectivity index is 2.30. The van der Waals surface area contributed by atoms with Crippen molar-refractivity contribution in [1.29, 1.82) is 0 Å². The second-order valence-electron chi connectivity index (χ2n) is 15.7. The third-order valence-corrected chi connectivity index (χ3v) is 10.3. The number of carbonyl (C=O) groups is 2. The minimum Gasteiger partial charge on any atom is -0.756 e. The molecule has 53 heavy (non-hydrogen) atoms. The molecule has 1 rings (SSSR count). The van der Waals surface area contributed by atoms with Crippen LogP contribution in [0.15, 0.2) is 24.3 Å². The Bertz CT molecular complexity index is 1030. The van der Waals surface area contributed by atoms with Crippen molar-refractivity contribution in [2.24, 2.45) is 0 Å². The quantitative estimate of drug-likeness (QED) is 0.0152. The number of allylic oxidation sites excluding steroid dienone is 3. The highest BCUT2D eigenvalue weighted by molar-refractivity contribution is 7.45. The highest BCUT2D eigenvalue weighted by Gasteiger charge is 2.36. The molecule has 3 unspecified atom stereocenters. The molecule has 0 aromatic rings. The summed E-state index contributed by atoms with van der Waals surface area (Å²) in [6.07, 6.45) is 33.7. The maximum atomic E-state index is 12.6. The van der Waals surface area contributed by atoms with Crippen LogP contribution in [-0.4, -0.2) is 82.2 Å². The highest BCUT2D eigenvalue weighted by Crippen LogP contribution is 2.38. The molecule has 310 valence electrons. The summed E-state index contributed by atoms with van der Waals surface area (Å²) < 4.78 is 39.6. The van der Waals surface area contributed by atoms with Gasteiger partial charge in [0.1, 0.15) is 19.8 Å². The zero-order valence-electron chi connectivity index (χ0n) is 34.4. The number of quaternary nitrogens is 1. The number of carbonyl (C=O) groups excluding carboxylic acids is 2. The Morgan fingerprint density at radius 2 is 1.21 bits per heavy atom. The van der Waals surface area contributed by atoms with Crippen LogP contribution in [0.1, 0.15) is 168 Å². The third kappa shape index (κ3) is 32.4. The normalized spacial score (nSPS) is 17.7. The van der Waals surface area contributed by atoms with Gasteiger partial charge in [0.05, 0.1) is 40.0 Å². The number of phosphoric ester groups is 1. The average molecular weight is 772 g/mol. The summed E-state index contributed by atoms with van der Waals surface area (Å²) in [5.41, 5.74) is 0. The predicted octanol–water partition coefficient (Wildman–Crippen LogP) is 9.93. The van der Waals surface area contributed by atoms with E-state index in [9.17, 15) is 19.0 Å². The number of phosphoric acid groups is 1. The molecule has 0 N–H and O–H groups in total. The molecule has 10 nitrogen and oxygen atoms in total. The van der Waals surface area contributed by atoms with Crippen molar-refractivity contribution in [2.75, 3.05) is 47.5 Å². The van der Waals surface area contributed by atoms with Crippen molar-refractivity contribution >= 4 is 19.8 Å². The van der Waals surface area contributed by atoms with Gasteiger partial charge in [0, 0.05) is 12.8 Å². The number of esters is 2. The van der Waals surface area contributed by atoms with E-state index < -0.39 is 32.5 Å². The zero-order chi connectivity index (χ0) is 39.0. The van der Waals surface area contributed by atoms with E-state index in [0.717, 1.165) is 70.6 Å². The van der Waals surface area contributed by atoms with Gasteiger partial charge < -0.3 is 32.6 Å². The van der Waals surface area contributed by atoms with Crippen LogP contribution in [0.2, 0.25) is 0 Å². The number of unbranched alkanes of at least 4 members (excludes halogenated alkanes) is 16. The van der Waals surface area contributed by atoms with Gasteiger partial charge in [0.2, 0.25) is 0 Å². The van der Waals surface area contributed by atoms with Crippen LogP contribution in [0.4, 0.5) is 0 Å². The number of hydrogen-bond donors (Lipinski definition) is 0. The lowest BCUT2D eigenvalue weighted by Crippen LogP contribution is -2.37. The number of epoxide rings is 1. The summed E-state index contributed by atoms with van der Waals surface area (Å²) in [5.74, 6) is -0.866. The minimum absolute atomic E-state index is 0.0365. The zero-order valence-corrected chi connectivity index (χ0v) is 35.3. The SMILES string of the molecule is CCCCCC/C=C\CCCCCCCC(=O)O[C@H](COC(=O)CCCCCCC/C=C\CC1OC1CCCCC)COP(=O)([O-])OCC[N+](C)(C)C. The highest BCUT2D eigenvalue weighted by atomic mass is 31.2. The average Bonchev–Trinajstić information content (AvgIpc) is 3.86. The largest absolute Gasteiger partial charge is 0.756 e. The van der Waals surface area contributed by atoms with Gasteiger partial charge in [-0.2, -0.15) is 0 Å². The molecule has 0 aliphatic carbocycles. The van der Waals surface area contributed by atoms with Gasteiger partial charge in [0.15, 0.2) is 6.10 Å². The first-order chi connectivity index (χ1) is 25.5. The first-order valence-corrected chi connectivity index (χ1v) is 22.6. The van der Waals surface area contributed by atoms with Crippen LogP contribution in [-0.2, 0) is 37.4 Å². The maximum Gasteiger partial charge on any atom is 0.306 e. The van der Waals surface area contributed by atoms with E-state index in [-0.39, 0.29) is 26.1 Å². The van der Waals surface area contributed by atoms with E-state index in [1.54, 1.807) is 0 Å². The van der Waals surface area contributed by atoms with E-state index in [4.69, 9.17) is 23.3 Å². The lowest BCUT2D eigenvalue weighted by Gasteiger charge is -2.28. The van der Waals surface area contributed by atoms with Gasteiger partial charge in [-0.15, -0.1) is 0 Å². The second-order valence-corrected chi connectivity index (χ2v) is 17.1. The Labute approximate surface area is 324 Å². The standard InChI is InChI=1S/C42H78NO9P/c1-6-8-10-11-12-13-14-15-16-17-22-25-29-33-42(45)51-38(37-50-53(46,47)49-35-34-43(3,4)5)36-48-41(44)32-28-24-21-19-18-20-23-27-31-40-39(52-40)30-26-9-7-2/h13-14,23,27,38-40H,6-12,15-22,24-26,28-37H2,1-5H3/b14-13-,27-23-/t38-,39?,40?/m1/s1. The van der Waals surface area contributed by atoms with Gasteiger partial charge in [-0.05, 0) is 64.2 Å². The molecule has 1 fully saturated rings. The number of likely N-dealkylation sites (N-methyl/N-ethyl adjacent to an activating group) is 1. The molecular formula is C42H78NO9P. The van der Waals surface area contributed by atoms with E-state index in [1.807, 2.05) is 21.1 Å². The fraction of sp³-hybridized carbons (Fsp3) is 0.857. The van der Waals surface area contributed by atoms with Crippen LogP contribution < -0.4 is 4.89 Å². The molecule has 1 aliphatic heterocycles.